The van der Waals surface area contributed by atoms with Crippen molar-refractivity contribution in [1.29, 1.82) is 0 Å². The number of aromatic hydroxyl groups is 1. The summed E-state index contributed by atoms with van der Waals surface area (Å²) in [6.07, 6.45) is 0. The SMILES string of the molecule is CC1(C(=O)O)COCC1NC(=O)c1cc(Cl)ccc1O. The first-order valence-electron chi connectivity index (χ1n) is 5.95. The van der Waals surface area contributed by atoms with Crippen LogP contribution in [0.5, 0.6) is 5.75 Å². The van der Waals surface area contributed by atoms with Gasteiger partial charge in [-0.1, -0.05) is 11.6 Å². The lowest BCUT2D eigenvalue weighted by Gasteiger charge is -2.25. The van der Waals surface area contributed by atoms with E-state index >= 15 is 0 Å². The number of amides is 1. The number of rotatable bonds is 3. The van der Waals surface area contributed by atoms with Crippen molar-refractivity contribution in [3.63, 3.8) is 0 Å². The summed E-state index contributed by atoms with van der Waals surface area (Å²) in [4.78, 5) is 23.4. The number of halogens is 1. The summed E-state index contributed by atoms with van der Waals surface area (Å²) < 4.78 is 5.14. The van der Waals surface area contributed by atoms with Gasteiger partial charge in [-0.05, 0) is 25.1 Å². The van der Waals surface area contributed by atoms with Gasteiger partial charge in [0.25, 0.3) is 5.91 Å². The van der Waals surface area contributed by atoms with E-state index in [-0.39, 0.29) is 24.5 Å². The number of hydrogen-bond donors (Lipinski definition) is 3. The highest BCUT2D eigenvalue weighted by molar-refractivity contribution is 6.31. The van der Waals surface area contributed by atoms with Crippen molar-refractivity contribution in [2.24, 2.45) is 5.41 Å². The molecule has 1 amide bonds. The third-order valence-electron chi connectivity index (χ3n) is 3.45. The summed E-state index contributed by atoms with van der Waals surface area (Å²) in [6, 6.07) is 3.40. The number of hydrogen-bond acceptors (Lipinski definition) is 4. The summed E-state index contributed by atoms with van der Waals surface area (Å²) >= 11 is 5.77. The van der Waals surface area contributed by atoms with E-state index < -0.39 is 23.3 Å². The minimum atomic E-state index is -1.19. The second-order valence-electron chi connectivity index (χ2n) is 4.93. The quantitative estimate of drug-likeness (QED) is 0.781. The molecule has 2 unspecified atom stereocenters. The molecule has 0 radical (unpaired) electrons. The number of carbonyl (C=O) groups is 2. The predicted molar refractivity (Wildman–Crippen MR) is 70.9 cm³/mol. The number of nitrogens with one attached hydrogen (secondary N) is 1. The topological polar surface area (TPSA) is 95.9 Å². The van der Waals surface area contributed by atoms with Crippen LogP contribution in [-0.2, 0) is 9.53 Å². The monoisotopic (exact) mass is 299 g/mol. The molecule has 1 heterocycles. The predicted octanol–water partition coefficient (Wildman–Crippen LogP) is 1.27. The molecular formula is C13H14ClNO5. The van der Waals surface area contributed by atoms with Gasteiger partial charge in [0.05, 0.1) is 24.8 Å². The molecule has 2 rings (SSSR count). The lowest BCUT2D eigenvalue weighted by atomic mass is 9.85. The van der Waals surface area contributed by atoms with Gasteiger partial charge in [-0.2, -0.15) is 0 Å². The Kier molecular flexibility index (Phi) is 3.87. The van der Waals surface area contributed by atoms with Gasteiger partial charge < -0.3 is 20.3 Å². The van der Waals surface area contributed by atoms with Crippen LogP contribution in [0.4, 0.5) is 0 Å². The molecule has 6 nitrogen and oxygen atoms in total. The average Bonchev–Trinajstić information content (AvgIpc) is 2.75. The largest absolute Gasteiger partial charge is 0.507 e. The zero-order valence-corrected chi connectivity index (χ0v) is 11.5. The van der Waals surface area contributed by atoms with E-state index in [0.717, 1.165) is 0 Å². The van der Waals surface area contributed by atoms with E-state index in [2.05, 4.69) is 5.32 Å². The molecule has 1 aromatic carbocycles. The average molecular weight is 300 g/mol. The molecule has 7 heteroatoms. The fourth-order valence-electron chi connectivity index (χ4n) is 2.01. The Hall–Kier alpha value is -1.79. The molecule has 1 fully saturated rings. The Bertz CT molecular complexity index is 562. The smallest absolute Gasteiger partial charge is 0.313 e. The number of benzene rings is 1. The van der Waals surface area contributed by atoms with Crippen molar-refractivity contribution in [2.75, 3.05) is 13.2 Å². The second kappa shape index (κ2) is 5.30. The molecule has 0 saturated carbocycles. The number of phenols is 1. The highest BCUT2D eigenvalue weighted by Crippen LogP contribution is 2.29. The Labute approximate surface area is 120 Å². The van der Waals surface area contributed by atoms with Crippen LogP contribution in [0.25, 0.3) is 0 Å². The molecule has 1 aromatic rings. The number of aliphatic carboxylic acids is 1. The van der Waals surface area contributed by atoms with E-state index in [1.54, 1.807) is 0 Å². The van der Waals surface area contributed by atoms with Crippen LogP contribution < -0.4 is 5.32 Å². The molecule has 0 aliphatic carbocycles. The number of phenolic OH excluding ortho intramolecular Hbond substituents is 1. The van der Waals surface area contributed by atoms with E-state index in [9.17, 15) is 19.8 Å². The van der Waals surface area contributed by atoms with E-state index in [0.29, 0.717) is 5.02 Å². The molecular weight excluding hydrogens is 286 g/mol. The van der Waals surface area contributed by atoms with Crippen LogP contribution in [-0.4, -0.2) is 41.3 Å². The summed E-state index contributed by atoms with van der Waals surface area (Å²) in [5.41, 5.74) is -1.19. The molecule has 108 valence electrons. The Balaban J connectivity index is 2.19. The number of ether oxygens (including phenoxy) is 1. The fraction of sp³-hybridized carbons (Fsp3) is 0.385. The van der Waals surface area contributed by atoms with Gasteiger partial charge >= 0.3 is 5.97 Å². The van der Waals surface area contributed by atoms with Crippen LogP contribution in [0.15, 0.2) is 18.2 Å². The minimum absolute atomic E-state index is 0.00265. The Morgan fingerprint density at radius 2 is 2.20 bits per heavy atom. The summed E-state index contributed by atoms with van der Waals surface area (Å²) in [7, 11) is 0. The van der Waals surface area contributed by atoms with Gasteiger partial charge in [-0.15, -0.1) is 0 Å². The minimum Gasteiger partial charge on any atom is -0.507 e. The molecule has 3 N–H and O–H groups in total. The van der Waals surface area contributed by atoms with E-state index in [1.807, 2.05) is 0 Å². The molecule has 2 atom stereocenters. The van der Waals surface area contributed by atoms with Crippen molar-refractivity contribution in [3.8, 4) is 5.75 Å². The van der Waals surface area contributed by atoms with Crippen molar-refractivity contribution in [3.05, 3.63) is 28.8 Å². The Morgan fingerprint density at radius 3 is 2.85 bits per heavy atom. The maximum Gasteiger partial charge on any atom is 0.313 e. The molecule has 0 aromatic heterocycles. The molecule has 1 aliphatic rings. The number of carboxylic acid groups (broad SMARTS) is 1. The summed E-state index contributed by atoms with van der Waals surface area (Å²) in [5, 5.41) is 21.7. The van der Waals surface area contributed by atoms with Crippen molar-refractivity contribution in [2.45, 2.75) is 13.0 Å². The molecule has 1 aliphatic heterocycles. The van der Waals surface area contributed by atoms with Gasteiger partial charge in [0.15, 0.2) is 0 Å². The van der Waals surface area contributed by atoms with Crippen LogP contribution in [0.1, 0.15) is 17.3 Å². The highest BCUT2D eigenvalue weighted by atomic mass is 35.5. The Morgan fingerprint density at radius 1 is 1.50 bits per heavy atom. The summed E-state index contributed by atoms with van der Waals surface area (Å²) in [5.74, 6) is -1.86. The highest BCUT2D eigenvalue weighted by Gasteiger charge is 2.47. The normalized spacial score (nSPS) is 25.4. The van der Waals surface area contributed by atoms with Gasteiger partial charge in [-0.25, -0.2) is 0 Å². The first-order valence-corrected chi connectivity index (χ1v) is 6.33. The number of carbonyl (C=O) groups excluding carboxylic acids is 1. The molecule has 0 spiro atoms. The lowest BCUT2D eigenvalue weighted by molar-refractivity contribution is -0.148. The molecule has 0 bridgehead atoms. The molecule has 20 heavy (non-hydrogen) atoms. The van der Waals surface area contributed by atoms with Gasteiger partial charge in [-0.3, -0.25) is 9.59 Å². The summed E-state index contributed by atoms with van der Waals surface area (Å²) in [6.45, 7) is 1.63. The van der Waals surface area contributed by atoms with Gasteiger partial charge in [0.2, 0.25) is 0 Å². The third-order valence-corrected chi connectivity index (χ3v) is 3.69. The van der Waals surface area contributed by atoms with Crippen LogP contribution in [0, 0.1) is 5.41 Å². The van der Waals surface area contributed by atoms with Crippen molar-refractivity contribution >= 4 is 23.5 Å². The first kappa shape index (κ1) is 14.6. The van der Waals surface area contributed by atoms with Gasteiger partial charge in [0, 0.05) is 5.02 Å². The van der Waals surface area contributed by atoms with Crippen molar-refractivity contribution in [1.82, 2.24) is 5.32 Å². The van der Waals surface area contributed by atoms with Gasteiger partial charge in [0.1, 0.15) is 11.2 Å². The first-order chi connectivity index (χ1) is 9.34. The van der Waals surface area contributed by atoms with Crippen molar-refractivity contribution < 1.29 is 24.5 Å². The fourth-order valence-corrected chi connectivity index (χ4v) is 2.18. The number of carboxylic acids is 1. The molecule has 1 saturated heterocycles. The van der Waals surface area contributed by atoms with Crippen LogP contribution in [0.3, 0.4) is 0 Å². The lowest BCUT2D eigenvalue weighted by Crippen LogP contribution is -2.49. The standard InChI is InChI=1S/C13H14ClNO5/c1-13(12(18)19)6-20-5-10(13)15-11(17)8-4-7(14)2-3-9(8)16/h2-4,10,16H,5-6H2,1H3,(H,15,17)(H,18,19). The zero-order valence-electron chi connectivity index (χ0n) is 10.7. The maximum absolute atomic E-state index is 12.1. The maximum atomic E-state index is 12.1. The second-order valence-corrected chi connectivity index (χ2v) is 5.36. The van der Waals surface area contributed by atoms with Crippen LogP contribution >= 0.6 is 11.6 Å². The van der Waals surface area contributed by atoms with Crippen LogP contribution in [0.2, 0.25) is 5.02 Å². The zero-order chi connectivity index (χ0) is 14.9. The van der Waals surface area contributed by atoms with E-state index in [4.69, 9.17) is 16.3 Å². The third kappa shape index (κ3) is 2.57. The van der Waals surface area contributed by atoms with E-state index in [1.165, 1.54) is 25.1 Å².